The van der Waals surface area contributed by atoms with E-state index in [1.54, 1.807) is 0 Å². The number of imidazole rings is 1. The van der Waals surface area contributed by atoms with Crippen molar-refractivity contribution in [2.45, 2.75) is 89.1 Å². The summed E-state index contributed by atoms with van der Waals surface area (Å²) in [6, 6.07) is 0.437. The molecule has 1 aliphatic heterocycles. The van der Waals surface area contributed by atoms with E-state index >= 15 is 0 Å². The summed E-state index contributed by atoms with van der Waals surface area (Å²) in [5, 5.41) is 3.28. The summed E-state index contributed by atoms with van der Waals surface area (Å²) < 4.78 is 2.43. The van der Waals surface area contributed by atoms with Gasteiger partial charge in [0.15, 0.2) is 0 Å². The Hall–Kier alpha value is -1.32. The van der Waals surface area contributed by atoms with E-state index in [9.17, 15) is 4.79 Å². The van der Waals surface area contributed by atoms with Gasteiger partial charge in [-0.15, -0.1) is 0 Å². The van der Waals surface area contributed by atoms with E-state index < -0.39 is 0 Å². The molecule has 0 spiro atoms. The van der Waals surface area contributed by atoms with Crippen LogP contribution in [-0.2, 0) is 17.8 Å². The molecule has 4 heteroatoms. The predicted octanol–water partition coefficient (Wildman–Crippen LogP) is 3.55. The van der Waals surface area contributed by atoms with Gasteiger partial charge in [0.2, 0.25) is 5.91 Å². The first-order valence-electron chi connectivity index (χ1n) is 9.66. The number of aromatic nitrogens is 2. The third-order valence-corrected chi connectivity index (χ3v) is 6.17. The third kappa shape index (κ3) is 3.17. The number of rotatable bonds is 3. The molecule has 3 aliphatic rings. The minimum absolute atomic E-state index is 0.152. The Bertz CT molecular complexity index is 553. The van der Waals surface area contributed by atoms with Crippen molar-refractivity contribution in [3.8, 4) is 0 Å². The van der Waals surface area contributed by atoms with Crippen molar-refractivity contribution in [2.24, 2.45) is 5.92 Å². The van der Waals surface area contributed by atoms with Crippen molar-refractivity contribution in [1.82, 2.24) is 14.9 Å². The summed E-state index contributed by atoms with van der Waals surface area (Å²) in [5.74, 6) is 2.39. The fraction of sp³-hybridized carbons (Fsp3) is 0.789. The predicted molar refractivity (Wildman–Crippen MR) is 90.3 cm³/mol. The summed E-state index contributed by atoms with van der Waals surface area (Å²) in [6.45, 7) is 0.976. The second-order valence-corrected chi connectivity index (χ2v) is 7.77. The zero-order valence-electron chi connectivity index (χ0n) is 14.1. The molecule has 0 unspecified atom stereocenters. The van der Waals surface area contributed by atoms with Gasteiger partial charge in [0.05, 0.1) is 0 Å². The summed E-state index contributed by atoms with van der Waals surface area (Å²) in [7, 11) is 0. The molecule has 23 heavy (non-hydrogen) atoms. The minimum Gasteiger partial charge on any atom is -0.353 e. The Morgan fingerprint density at radius 2 is 1.78 bits per heavy atom. The Balaban J connectivity index is 1.41. The smallest absolute Gasteiger partial charge is 0.223 e. The van der Waals surface area contributed by atoms with Gasteiger partial charge in [-0.1, -0.05) is 32.1 Å². The van der Waals surface area contributed by atoms with Gasteiger partial charge >= 0.3 is 0 Å². The molecular weight excluding hydrogens is 286 g/mol. The van der Waals surface area contributed by atoms with Crippen molar-refractivity contribution in [2.75, 3.05) is 0 Å². The zero-order valence-corrected chi connectivity index (χ0v) is 14.1. The lowest BCUT2D eigenvalue weighted by atomic mass is 9.88. The van der Waals surface area contributed by atoms with Gasteiger partial charge in [0, 0.05) is 42.7 Å². The lowest BCUT2D eigenvalue weighted by molar-refractivity contribution is -0.126. The molecule has 1 atom stereocenters. The SMILES string of the molecule is O=C(NC1CCCC1)[C@@H]1CCn2c(cnc2C2CCCCC2)C1. The van der Waals surface area contributed by atoms with Crippen LogP contribution in [0.5, 0.6) is 0 Å². The molecule has 1 aromatic heterocycles. The average Bonchev–Trinajstić information content (AvgIpc) is 3.24. The number of carbonyl (C=O) groups is 1. The van der Waals surface area contributed by atoms with Gasteiger partial charge in [0.1, 0.15) is 5.82 Å². The molecule has 1 N–H and O–H groups in total. The van der Waals surface area contributed by atoms with Crippen LogP contribution in [0.4, 0.5) is 0 Å². The molecule has 1 aromatic rings. The van der Waals surface area contributed by atoms with Gasteiger partial charge in [-0.25, -0.2) is 4.98 Å². The lowest BCUT2D eigenvalue weighted by Crippen LogP contribution is -2.40. The first kappa shape index (κ1) is 15.2. The van der Waals surface area contributed by atoms with Crippen LogP contribution in [0.3, 0.4) is 0 Å². The lowest BCUT2D eigenvalue weighted by Gasteiger charge is -2.28. The molecule has 0 bridgehead atoms. The summed E-state index contributed by atoms with van der Waals surface area (Å²) in [5.41, 5.74) is 1.28. The molecule has 2 aliphatic carbocycles. The molecule has 0 radical (unpaired) electrons. The van der Waals surface area contributed by atoms with Crippen molar-refractivity contribution in [1.29, 1.82) is 0 Å². The maximum atomic E-state index is 12.5. The highest BCUT2D eigenvalue weighted by atomic mass is 16.1. The molecule has 1 amide bonds. The molecule has 4 rings (SSSR count). The molecule has 0 aromatic carbocycles. The number of carbonyl (C=O) groups excluding carboxylic acids is 1. The molecule has 4 nitrogen and oxygen atoms in total. The fourth-order valence-corrected chi connectivity index (χ4v) is 4.79. The second-order valence-electron chi connectivity index (χ2n) is 7.77. The van der Waals surface area contributed by atoms with Crippen molar-refractivity contribution < 1.29 is 4.79 Å². The van der Waals surface area contributed by atoms with Crippen LogP contribution in [0.1, 0.15) is 81.6 Å². The quantitative estimate of drug-likeness (QED) is 0.927. The van der Waals surface area contributed by atoms with E-state index in [4.69, 9.17) is 4.98 Å². The third-order valence-electron chi connectivity index (χ3n) is 6.17. The van der Waals surface area contributed by atoms with Gasteiger partial charge in [-0.2, -0.15) is 0 Å². The summed E-state index contributed by atoms with van der Waals surface area (Å²) in [6.07, 6.45) is 15.4. The van der Waals surface area contributed by atoms with Crippen molar-refractivity contribution in [3.05, 3.63) is 17.7 Å². The monoisotopic (exact) mass is 315 g/mol. The minimum atomic E-state index is 0.152. The molecule has 126 valence electrons. The Morgan fingerprint density at radius 1 is 1.04 bits per heavy atom. The molecule has 2 saturated carbocycles. The number of hydrogen-bond acceptors (Lipinski definition) is 2. The highest BCUT2D eigenvalue weighted by molar-refractivity contribution is 5.79. The van der Waals surface area contributed by atoms with Gasteiger partial charge in [-0.05, 0) is 32.1 Å². The van der Waals surface area contributed by atoms with Crippen molar-refractivity contribution in [3.63, 3.8) is 0 Å². The molecule has 0 saturated heterocycles. The highest BCUT2D eigenvalue weighted by Gasteiger charge is 2.30. The summed E-state index contributed by atoms with van der Waals surface area (Å²) >= 11 is 0. The van der Waals surface area contributed by atoms with Crippen LogP contribution in [0, 0.1) is 5.92 Å². The summed E-state index contributed by atoms with van der Waals surface area (Å²) in [4.78, 5) is 17.3. The first-order valence-corrected chi connectivity index (χ1v) is 9.66. The fourth-order valence-electron chi connectivity index (χ4n) is 4.79. The van der Waals surface area contributed by atoms with Crippen molar-refractivity contribution >= 4 is 5.91 Å². The molecule has 2 fully saturated rings. The van der Waals surface area contributed by atoms with Crippen LogP contribution in [-0.4, -0.2) is 21.5 Å². The second kappa shape index (κ2) is 6.66. The van der Waals surface area contributed by atoms with E-state index in [1.165, 1.54) is 69.3 Å². The van der Waals surface area contributed by atoms with Gasteiger partial charge in [-0.3, -0.25) is 4.79 Å². The Morgan fingerprint density at radius 3 is 2.57 bits per heavy atom. The van der Waals surface area contributed by atoms with Crippen LogP contribution < -0.4 is 5.32 Å². The maximum absolute atomic E-state index is 12.5. The van der Waals surface area contributed by atoms with Crippen LogP contribution in [0.2, 0.25) is 0 Å². The van der Waals surface area contributed by atoms with Crippen LogP contribution >= 0.6 is 0 Å². The Labute approximate surface area is 139 Å². The van der Waals surface area contributed by atoms with E-state index in [-0.39, 0.29) is 11.8 Å². The largest absolute Gasteiger partial charge is 0.353 e. The average molecular weight is 315 g/mol. The molecular formula is C19H29N3O. The standard InChI is InChI=1S/C19H29N3O/c23-19(21-16-8-4-5-9-16)15-10-11-22-17(12-15)13-20-18(22)14-6-2-1-3-7-14/h13-16H,1-12H2,(H,21,23)/t15-/m1/s1. The Kier molecular flexibility index (Phi) is 4.41. The van der Waals surface area contributed by atoms with Gasteiger partial charge < -0.3 is 9.88 Å². The number of nitrogens with one attached hydrogen (secondary N) is 1. The van der Waals surface area contributed by atoms with E-state index in [0.29, 0.717) is 12.0 Å². The van der Waals surface area contributed by atoms with Crippen LogP contribution in [0.25, 0.3) is 0 Å². The molecule has 2 heterocycles. The van der Waals surface area contributed by atoms with E-state index in [2.05, 4.69) is 9.88 Å². The van der Waals surface area contributed by atoms with Crippen LogP contribution in [0.15, 0.2) is 6.20 Å². The van der Waals surface area contributed by atoms with Gasteiger partial charge in [0.25, 0.3) is 0 Å². The maximum Gasteiger partial charge on any atom is 0.223 e. The first-order chi connectivity index (χ1) is 11.3. The van der Waals surface area contributed by atoms with E-state index in [1.807, 2.05) is 6.20 Å². The van der Waals surface area contributed by atoms with E-state index in [0.717, 1.165) is 19.4 Å². The highest BCUT2D eigenvalue weighted by Crippen LogP contribution is 2.34. The number of nitrogens with zero attached hydrogens (tertiary/aromatic N) is 2. The number of hydrogen-bond donors (Lipinski definition) is 1. The number of amides is 1. The number of fused-ring (bicyclic) bond motifs is 1. The normalized spacial score (nSPS) is 26.2. The zero-order chi connectivity index (χ0) is 15.6. The topological polar surface area (TPSA) is 46.9 Å².